The van der Waals surface area contributed by atoms with E-state index in [-0.39, 0.29) is 5.82 Å². The van der Waals surface area contributed by atoms with Crippen molar-refractivity contribution >= 4 is 15.9 Å². The fraction of sp³-hybridized carbons (Fsp3) is 0.625. The molecule has 1 saturated carbocycles. The zero-order chi connectivity index (χ0) is 13.8. The molecule has 0 saturated heterocycles. The smallest absolute Gasteiger partial charge is 0.126 e. The summed E-state index contributed by atoms with van der Waals surface area (Å²) in [5.41, 5.74) is 0.893. The van der Waals surface area contributed by atoms with E-state index in [1.165, 1.54) is 19.3 Å². The molecule has 19 heavy (non-hydrogen) atoms. The Labute approximate surface area is 124 Å². The van der Waals surface area contributed by atoms with Gasteiger partial charge in [-0.25, -0.2) is 4.39 Å². The van der Waals surface area contributed by atoms with Gasteiger partial charge in [0.1, 0.15) is 5.82 Å². The van der Waals surface area contributed by atoms with Crippen LogP contribution in [0.2, 0.25) is 0 Å². The van der Waals surface area contributed by atoms with Crippen LogP contribution in [0.3, 0.4) is 0 Å². The molecule has 2 rings (SSSR count). The highest BCUT2D eigenvalue weighted by molar-refractivity contribution is 9.10. The predicted molar refractivity (Wildman–Crippen MR) is 81.9 cm³/mol. The lowest BCUT2D eigenvalue weighted by Gasteiger charge is -2.33. The van der Waals surface area contributed by atoms with E-state index in [4.69, 9.17) is 0 Å². The maximum Gasteiger partial charge on any atom is 0.126 e. The van der Waals surface area contributed by atoms with E-state index in [1.54, 1.807) is 12.1 Å². The summed E-state index contributed by atoms with van der Waals surface area (Å²) in [7, 11) is 0. The summed E-state index contributed by atoms with van der Waals surface area (Å²) in [6.07, 6.45) is 4.81. The second-order valence-corrected chi connectivity index (χ2v) is 6.80. The molecule has 1 fully saturated rings. The van der Waals surface area contributed by atoms with Crippen molar-refractivity contribution in [3.63, 3.8) is 0 Å². The van der Waals surface area contributed by atoms with Crippen LogP contribution in [-0.4, -0.2) is 12.6 Å². The Kier molecular flexibility index (Phi) is 5.40. The molecule has 2 atom stereocenters. The number of hydrogen-bond donors (Lipinski definition) is 1. The van der Waals surface area contributed by atoms with Crippen molar-refractivity contribution in [2.45, 2.75) is 51.5 Å². The lowest BCUT2D eigenvalue weighted by atomic mass is 9.75. The fourth-order valence-corrected chi connectivity index (χ4v) is 3.43. The Balaban J connectivity index is 2.16. The van der Waals surface area contributed by atoms with Gasteiger partial charge in [0, 0.05) is 10.5 Å². The van der Waals surface area contributed by atoms with E-state index in [0.717, 1.165) is 23.0 Å². The SMILES string of the molecule is CC(C)NCC1CCCCC1c1cc(Br)ccc1F. The van der Waals surface area contributed by atoms with Gasteiger partial charge in [0.15, 0.2) is 0 Å². The van der Waals surface area contributed by atoms with Gasteiger partial charge in [-0.15, -0.1) is 0 Å². The Hall–Kier alpha value is -0.410. The first-order valence-electron chi connectivity index (χ1n) is 7.26. The van der Waals surface area contributed by atoms with Gasteiger partial charge in [-0.1, -0.05) is 42.6 Å². The number of hydrogen-bond acceptors (Lipinski definition) is 1. The van der Waals surface area contributed by atoms with Crippen LogP contribution in [0.4, 0.5) is 4.39 Å². The molecule has 0 aliphatic heterocycles. The second kappa shape index (κ2) is 6.85. The van der Waals surface area contributed by atoms with Crippen molar-refractivity contribution in [3.8, 4) is 0 Å². The molecule has 1 aliphatic rings. The predicted octanol–water partition coefficient (Wildman–Crippen LogP) is 4.86. The van der Waals surface area contributed by atoms with Crippen molar-refractivity contribution in [2.75, 3.05) is 6.54 Å². The lowest BCUT2D eigenvalue weighted by Crippen LogP contribution is -2.33. The van der Waals surface area contributed by atoms with Gasteiger partial charge in [-0.05, 0) is 55.0 Å². The Morgan fingerprint density at radius 2 is 2.05 bits per heavy atom. The normalized spacial score (nSPS) is 23.8. The Morgan fingerprint density at radius 1 is 1.32 bits per heavy atom. The fourth-order valence-electron chi connectivity index (χ4n) is 3.05. The molecule has 0 aromatic heterocycles. The van der Waals surface area contributed by atoms with E-state index in [2.05, 4.69) is 35.1 Å². The molecule has 1 aromatic carbocycles. The first kappa shape index (κ1) is 15.0. The third-order valence-electron chi connectivity index (χ3n) is 4.05. The van der Waals surface area contributed by atoms with Crippen LogP contribution in [0.1, 0.15) is 51.0 Å². The monoisotopic (exact) mass is 327 g/mol. The minimum Gasteiger partial charge on any atom is -0.314 e. The van der Waals surface area contributed by atoms with Crippen LogP contribution in [0.5, 0.6) is 0 Å². The van der Waals surface area contributed by atoms with E-state index >= 15 is 0 Å². The van der Waals surface area contributed by atoms with Crippen LogP contribution in [0.25, 0.3) is 0 Å². The van der Waals surface area contributed by atoms with Crippen LogP contribution < -0.4 is 5.32 Å². The summed E-state index contributed by atoms with van der Waals surface area (Å²) in [6, 6.07) is 5.83. The molecule has 0 heterocycles. The number of rotatable bonds is 4. The van der Waals surface area contributed by atoms with Crippen molar-refractivity contribution in [3.05, 3.63) is 34.1 Å². The molecule has 0 spiro atoms. The largest absolute Gasteiger partial charge is 0.314 e. The van der Waals surface area contributed by atoms with Gasteiger partial charge < -0.3 is 5.32 Å². The van der Waals surface area contributed by atoms with Crippen LogP contribution in [-0.2, 0) is 0 Å². The lowest BCUT2D eigenvalue weighted by molar-refractivity contribution is 0.284. The van der Waals surface area contributed by atoms with Gasteiger partial charge in [-0.2, -0.15) is 0 Å². The highest BCUT2D eigenvalue weighted by Crippen LogP contribution is 2.39. The Bertz CT molecular complexity index is 419. The highest BCUT2D eigenvalue weighted by atomic mass is 79.9. The molecule has 0 bridgehead atoms. The van der Waals surface area contributed by atoms with Crippen molar-refractivity contribution in [1.82, 2.24) is 5.32 Å². The molecule has 1 nitrogen and oxygen atoms in total. The topological polar surface area (TPSA) is 12.0 Å². The molecule has 1 N–H and O–H groups in total. The summed E-state index contributed by atoms with van der Waals surface area (Å²) >= 11 is 3.46. The molecular weight excluding hydrogens is 305 g/mol. The maximum absolute atomic E-state index is 14.1. The first-order chi connectivity index (χ1) is 9.08. The van der Waals surface area contributed by atoms with Crippen molar-refractivity contribution in [1.29, 1.82) is 0 Å². The molecule has 1 aromatic rings. The van der Waals surface area contributed by atoms with Gasteiger partial charge in [-0.3, -0.25) is 0 Å². The summed E-state index contributed by atoms with van der Waals surface area (Å²) in [5.74, 6) is 0.863. The quantitative estimate of drug-likeness (QED) is 0.832. The molecule has 106 valence electrons. The van der Waals surface area contributed by atoms with E-state index < -0.39 is 0 Å². The third kappa shape index (κ3) is 4.03. The minimum absolute atomic E-state index is 0.0513. The Morgan fingerprint density at radius 3 is 2.79 bits per heavy atom. The van der Waals surface area contributed by atoms with Crippen LogP contribution >= 0.6 is 15.9 Å². The van der Waals surface area contributed by atoms with Crippen LogP contribution in [0.15, 0.2) is 22.7 Å². The second-order valence-electron chi connectivity index (χ2n) is 5.88. The summed E-state index contributed by atoms with van der Waals surface area (Å²) in [4.78, 5) is 0. The van der Waals surface area contributed by atoms with E-state index in [0.29, 0.717) is 17.9 Å². The van der Waals surface area contributed by atoms with Gasteiger partial charge in [0.2, 0.25) is 0 Å². The number of nitrogens with one attached hydrogen (secondary N) is 1. The number of benzene rings is 1. The average molecular weight is 328 g/mol. The molecule has 0 radical (unpaired) electrons. The summed E-state index contributed by atoms with van der Waals surface area (Å²) in [6.45, 7) is 5.32. The molecule has 3 heteroatoms. The van der Waals surface area contributed by atoms with Gasteiger partial charge in [0.25, 0.3) is 0 Å². The summed E-state index contributed by atoms with van der Waals surface area (Å²) in [5, 5.41) is 3.51. The molecular formula is C16H23BrFN. The standard InChI is InChI=1S/C16H23BrFN/c1-11(2)19-10-12-5-3-4-6-14(12)15-9-13(17)7-8-16(15)18/h7-9,11-12,14,19H,3-6,10H2,1-2H3. The van der Waals surface area contributed by atoms with Crippen molar-refractivity contribution < 1.29 is 4.39 Å². The third-order valence-corrected chi connectivity index (χ3v) is 4.55. The van der Waals surface area contributed by atoms with E-state index in [1.807, 2.05) is 6.07 Å². The van der Waals surface area contributed by atoms with Crippen molar-refractivity contribution in [2.24, 2.45) is 5.92 Å². The average Bonchev–Trinajstić information content (AvgIpc) is 2.39. The number of halogens is 2. The minimum atomic E-state index is -0.0513. The molecule has 1 aliphatic carbocycles. The molecule has 0 amide bonds. The van der Waals surface area contributed by atoms with Gasteiger partial charge in [0.05, 0.1) is 0 Å². The van der Waals surface area contributed by atoms with Crippen LogP contribution in [0, 0.1) is 11.7 Å². The molecule has 2 unspecified atom stereocenters. The zero-order valence-electron chi connectivity index (χ0n) is 11.8. The van der Waals surface area contributed by atoms with Gasteiger partial charge >= 0.3 is 0 Å². The maximum atomic E-state index is 14.1. The highest BCUT2D eigenvalue weighted by Gasteiger charge is 2.28. The zero-order valence-corrected chi connectivity index (χ0v) is 13.3. The first-order valence-corrected chi connectivity index (χ1v) is 8.05. The van der Waals surface area contributed by atoms with E-state index in [9.17, 15) is 4.39 Å². The summed E-state index contributed by atoms with van der Waals surface area (Å²) < 4.78 is 15.1.